The third kappa shape index (κ3) is 3.01. The SMILES string of the molecule is CC.Cc1cccnc1/C(C=N)=C/N. The van der Waals surface area contributed by atoms with E-state index in [0.29, 0.717) is 5.57 Å². The lowest BCUT2D eigenvalue weighted by molar-refractivity contribution is 1.22. The zero-order chi connectivity index (χ0) is 11.0. The van der Waals surface area contributed by atoms with Gasteiger partial charge in [-0.05, 0) is 18.6 Å². The van der Waals surface area contributed by atoms with Gasteiger partial charge in [-0.25, -0.2) is 0 Å². The van der Waals surface area contributed by atoms with E-state index in [4.69, 9.17) is 11.1 Å². The summed E-state index contributed by atoms with van der Waals surface area (Å²) in [6, 6.07) is 3.80. The van der Waals surface area contributed by atoms with Crippen molar-refractivity contribution in [1.29, 1.82) is 5.41 Å². The Morgan fingerprint density at radius 2 is 2.14 bits per heavy atom. The molecule has 0 unspecified atom stereocenters. The van der Waals surface area contributed by atoms with Gasteiger partial charge >= 0.3 is 0 Å². The first-order valence-corrected chi connectivity index (χ1v) is 4.64. The molecule has 3 heteroatoms. The fourth-order valence-electron chi connectivity index (χ4n) is 0.983. The second kappa shape index (κ2) is 6.83. The molecule has 0 atom stereocenters. The normalized spacial score (nSPS) is 10.1. The molecule has 1 aromatic heterocycles. The van der Waals surface area contributed by atoms with Gasteiger partial charge in [0, 0.05) is 24.2 Å². The van der Waals surface area contributed by atoms with E-state index in [-0.39, 0.29) is 0 Å². The number of rotatable bonds is 2. The number of nitrogens with one attached hydrogen (secondary N) is 1. The van der Waals surface area contributed by atoms with Crippen LogP contribution in [0, 0.1) is 12.3 Å². The monoisotopic (exact) mass is 191 g/mol. The van der Waals surface area contributed by atoms with Gasteiger partial charge in [0.2, 0.25) is 0 Å². The molecule has 0 saturated carbocycles. The van der Waals surface area contributed by atoms with Crippen LogP contribution in [0.1, 0.15) is 25.1 Å². The van der Waals surface area contributed by atoms with Crippen LogP contribution in [-0.2, 0) is 0 Å². The molecule has 3 N–H and O–H groups in total. The van der Waals surface area contributed by atoms with Crippen LogP contribution in [0.3, 0.4) is 0 Å². The fraction of sp³-hybridized carbons (Fsp3) is 0.273. The Morgan fingerprint density at radius 1 is 1.50 bits per heavy atom. The van der Waals surface area contributed by atoms with Gasteiger partial charge < -0.3 is 11.1 Å². The van der Waals surface area contributed by atoms with Crippen LogP contribution in [0.25, 0.3) is 5.57 Å². The molecule has 1 aromatic rings. The van der Waals surface area contributed by atoms with Crippen molar-refractivity contribution in [1.82, 2.24) is 4.98 Å². The molecule has 0 saturated heterocycles. The molecule has 0 aliphatic carbocycles. The van der Waals surface area contributed by atoms with Crippen LogP contribution in [0.5, 0.6) is 0 Å². The largest absolute Gasteiger partial charge is 0.404 e. The van der Waals surface area contributed by atoms with E-state index in [1.165, 1.54) is 12.4 Å². The van der Waals surface area contributed by atoms with Gasteiger partial charge in [0.05, 0.1) is 5.69 Å². The van der Waals surface area contributed by atoms with E-state index in [0.717, 1.165) is 11.3 Å². The third-order valence-electron chi connectivity index (χ3n) is 1.62. The molecule has 0 spiro atoms. The minimum atomic E-state index is 0.646. The smallest absolute Gasteiger partial charge is 0.0760 e. The zero-order valence-electron chi connectivity index (χ0n) is 8.91. The highest BCUT2D eigenvalue weighted by Gasteiger charge is 2.01. The van der Waals surface area contributed by atoms with E-state index in [2.05, 4.69) is 4.98 Å². The van der Waals surface area contributed by atoms with Gasteiger partial charge in [-0.1, -0.05) is 19.9 Å². The summed E-state index contributed by atoms with van der Waals surface area (Å²) in [5.41, 5.74) is 7.78. The summed E-state index contributed by atoms with van der Waals surface area (Å²) >= 11 is 0. The average molecular weight is 191 g/mol. The molecular weight excluding hydrogens is 174 g/mol. The average Bonchev–Trinajstić information content (AvgIpc) is 2.25. The highest BCUT2D eigenvalue weighted by atomic mass is 14.7. The molecule has 0 bridgehead atoms. The molecular formula is C11H17N3. The minimum absolute atomic E-state index is 0.646. The van der Waals surface area contributed by atoms with E-state index in [9.17, 15) is 0 Å². The van der Waals surface area contributed by atoms with Crippen molar-refractivity contribution in [3.8, 4) is 0 Å². The fourth-order valence-corrected chi connectivity index (χ4v) is 0.983. The number of nitrogens with two attached hydrogens (primary N) is 1. The van der Waals surface area contributed by atoms with Crippen LogP contribution in [0.15, 0.2) is 24.5 Å². The summed E-state index contributed by atoms with van der Waals surface area (Å²) < 4.78 is 0. The van der Waals surface area contributed by atoms with Crippen molar-refractivity contribution in [3.05, 3.63) is 35.8 Å². The number of allylic oxidation sites excluding steroid dienone is 1. The van der Waals surface area contributed by atoms with Gasteiger partial charge in [-0.15, -0.1) is 0 Å². The van der Waals surface area contributed by atoms with E-state index in [1.54, 1.807) is 6.20 Å². The molecule has 0 amide bonds. The van der Waals surface area contributed by atoms with Crippen LogP contribution in [0.2, 0.25) is 0 Å². The van der Waals surface area contributed by atoms with Gasteiger partial charge in [0.25, 0.3) is 0 Å². The van der Waals surface area contributed by atoms with Crippen LogP contribution >= 0.6 is 0 Å². The number of pyridine rings is 1. The lowest BCUT2D eigenvalue weighted by Gasteiger charge is -2.02. The standard InChI is InChI=1S/C9H11N3.C2H6/c1-7-3-2-4-12-9(7)8(5-10)6-11;1-2/h2-6,10H,11H2,1H3;1-2H3/b8-6+,10-5?;. The molecule has 0 aliphatic rings. The highest BCUT2D eigenvalue weighted by Crippen LogP contribution is 2.11. The Morgan fingerprint density at radius 3 is 2.57 bits per heavy atom. The quantitative estimate of drug-likeness (QED) is 0.705. The molecule has 1 rings (SSSR count). The topological polar surface area (TPSA) is 62.8 Å². The van der Waals surface area contributed by atoms with Gasteiger partial charge in [-0.3, -0.25) is 4.98 Å². The predicted octanol–water partition coefficient (Wildman–Crippen LogP) is 2.37. The Kier molecular flexibility index (Phi) is 6.03. The first kappa shape index (κ1) is 12.4. The van der Waals surface area contributed by atoms with E-state index < -0.39 is 0 Å². The van der Waals surface area contributed by atoms with Crippen LogP contribution in [-0.4, -0.2) is 11.2 Å². The second-order valence-corrected chi connectivity index (χ2v) is 2.44. The number of aromatic nitrogens is 1. The van der Waals surface area contributed by atoms with Crippen molar-refractivity contribution in [2.45, 2.75) is 20.8 Å². The first-order valence-electron chi connectivity index (χ1n) is 4.64. The lowest BCUT2D eigenvalue weighted by Crippen LogP contribution is -1.96. The summed E-state index contributed by atoms with van der Waals surface area (Å²) in [6.45, 7) is 5.94. The van der Waals surface area contributed by atoms with E-state index >= 15 is 0 Å². The van der Waals surface area contributed by atoms with Crippen molar-refractivity contribution in [3.63, 3.8) is 0 Å². The maximum Gasteiger partial charge on any atom is 0.0760 e. The molecule has 0 fully saturated rings. The number of aryl methyl sites for hydroxylation is 1. The summed E-state index contributed by atoms with van der Waals surface area (Å²) in [4.78, 5) is 4.12. The Hall–Kier alpha value is -1.64. The summed E-state index contributed by atoms with van der Waals surface area (Å²) in [5.74, 6) is 0. The Bertz CT molecular complexity index is 316. The van der Waals surface area contributed by atoms with Crippen molar-refractivity contribution in [2.75, 3.05) is 0 Å². The molecule has 0 aliphatic heterocycles. The molecule has 3 nitrogen and oxygen atoms in total. The molecule has 1 heterocycles. The van der Waals surface area contributed by atoms with E-state index in [1.807, 2.05) is 32.9 Å². The molecule has 14 heavy (non-hydrogen) atoms. The van der Waals surface area contributed by atoms with Crippen molar-refractivity contribution < 1.29 is 0 Å². The number of nitrogens with zero attached hydrogens (tertiary/aromatic N) is 1. The summed E-state index contributed by atoms with van der Waals surface area (Å²) in [5, 5.41) is 7.08. The first-order chi connectivity index (χ1) is 6.79. The lowest BCUT2D eigenvalue weighted by atomic mass is 10.1. The van der Waals surface area contributed by atoms with Gasteiger partial charge in [0.15, 0.2) is 0 Å². The van der Waals surface area contributed by atoms with Crippen molar-refractivity contribution in [2.24, 2.45) is 5.73 Å². The Labute approximate surface area is 85.2 Å². The summed E-state index contributed by atoms with van der Waals surface area (Å²) in [7, 11) is 0. The van der Waals surface area contributed by atoms with Crippen LogP contribution < -0.4 is 5.73 Å². The molecule has 0 radical (unpaired) electrons. The summed E-state index contributed by atoms with van der Waals surface area (Å²) in [6.07, 6.45) is 4.28. The maximum absolute atomic E-state index is 7.08. The molecule has 76 valence electrons. The van der Waals surface area contributed by atoms with Crippen LogP contribution in [0.4, 0.5) is 0 Å². The highest BCUT2D eigenvalue weighted by molar-refractivity contribution is 6.07. The van der Waals surface area contributed by atoms with Gasteiger partial charge in [0.1, 0.15) is 0 Å². The number of hydrogen-bond acceptors (Lipinski definition) is 3. The Balaban J connectivity index is 0.000000791. The maximum atomic E-state index is 7.08. The number of hydrogen-bond donors (Lipinski definition) is 2. The second-order valence-electron chi connectivity index (χ2n) is 2.44. The third-order valence-corrected chi connectivity index (χ3v) is 1.62. The van der Waals surface area contributed by atoms with Crippen molar-refractivity contribution >= 4 is 11.8 Å². The minimum Gasteiger partial charge on any atom is -0.404 e. The predicted molar refractivity (Wildman–Crippen MR) is 61.3 cm³/mol. The van der Waals surface area contributed by atoms with Gasteiger partial charge in [-0.2, -0.15) is 0 Å². The zero-order valence-corrected chi connectivity index (χ0v) is 8.91. The molecule has 0 aromatic carbocycles.